The van der Waals surface area contributed by atoms with Crippen molar-refractivity contribution in [2.24, 2.45) is 0 Å². The molecule has 0 aliphatic rings. The molecule has 0 saturated carbocycles. The number of esters is 3. The number of ether oxygens (including phenoxy) is 3. The predicted molar refractivity (Wildman–Crippen MR) is 320 cm³/mol. The molecule has 0 N–H and O–H groups in total. The molecular formula is C68H114O6. The lowest BCUT2D eigenvalue weighted by atomic mass is 10.0. The van der Waals surface area contributed by atoms with Crippen LogP contribution in [0.1, 0.15) is 284 Å². The second kappa shape index (κ2) is 61.6. The third-order valence-electron chi connectivity index (χ3n) is 13.0. The third kappa shape index (κ3) is 59.0. The van der Waals surface area contributed by atoms with Crippen molar-refractivity contribution in [3.8, 4) is 0 Å². The molecule has 74 heavy (non-hydrogen) atoms. The maximum atomic E-state index is 12.9. The molecule has 0 spiro atoms. The molecule has 0 aliphatic heterocycles. The standard InChI is InChI=1S/C68H114O6/c1-4-7-10-13-16-19-22-25-27-29-31-33-34-36-37-39-41-43-46-49-52-55-58-61-67(70)73-64-65(63-72-66(69)60-57-54-51-48-45-24-21-18-15-12-9-6-3)74-68(71)62-59-56-53-50-47-44-42-40-38-35-32-30-28-26-23-20-17-14-11-8-5-2/h7,10,16,19,23,25-27,30-33,36-37,41,43,49,52,65H,4-6,8-9,11-15,17-18,20-22,24,28-29,34-35,38-40,42,44-48,50-51,53-64H2,1-3H3/b10-7-,19-16-,26-23-,27-25-,32-30-,33-31-,37-36-,43-41-,52-49-. The summed E-state index contributed by atoms with van der Waals surface area (Å²) in [7, 11) is 0. The van der Waals surface area contributed by atoms with E-state index in [2.05, 4.69) is 130 Å². The van der Waals surface area contributed by atoms with Gasteiger partial charge in [-0.05, 0) is 103 Å². The number of carbonyl (C=O) groups excluding carboxylic acids is 3. The average Bonchev–Trinajstić information content (AvgIpc) is 3.40. The van der Waals surface area contributed by atoms with Crippen molar-refractivity contribution in [3.05, 3.63) is 109 Å². The number of rotatable bonds is 55. The Morgan fingerprint density at radius 3 is 0.878 bits per heavy atom. The van der Waals surface area contributed by atoms with Crippen LogP contribution in [0.2, 0.25) is 0 Å². The van der Waals surface area contributed by atoms with E-state index >= 15 is 0 Å². The van der Waals surface area contributed by atoms with Gasteiger partial charge in [-0.15, -0.1) is 0 Å². The fraction of sp³-hybridized carbons (Fsp3) is 0.691. The Balaban J connectivity index is 4.44. The maximum absolute atomic E-state index is 12.9. The summed E-state index contributed by atoms with van der Waals surface area (Å²) >= 11 is 0. The normalized spacial score (nSPS) is 12.9. The Kier molecular flexibility index (Phi) is 58.3. The molecule has 422 valence electrons. The van der Waals surface area contributed by atoms with Crippen molar-refractivity contribution in [3.63, 3.8) is 0 Å². The van der Waals surface area contributed by atoms with Gasteiger partial charge in [-0.1, -0.05) is 271 Å². The Morgan fingerprint density at radius 2 is 0.541 bits per heavy atom. The van der Waals surface area contributed by atoms with Gasteiger partial charge in [0, 0.05) is 19.3 Å². The molecule has 0 rings (SSSR count). The van der Waals surface area contributed by atoms with Gasteiger partial charge in [-0.25, -0.2) is 0 Å². The van der Waals surface area contributed by atoms with Crippen molar-refractivity contribution in [1.29, 1.82) is 0 Å². The number of allylic oxidation sites excluding steroid dienone is 18. The van der Waals surface area contributed by atoms with Crippen LogP contribution in [-0.4, -0.2) is 37.2 Å². The van der Waals surface area contributed by atoms with E-state index in [0.717, 1.165) is 96.3 Å². The predicted octanol–water partition coefficient (Wildman–Crippen LogP) is 21.0. The Bertz CT molecular complexity index is 1510. The fourth-order valence-electron chi connectivity index (χ4n) is 8.40. The molecule has 0 radical (unpaired) electrons. The van der Waals surface area contributed by atoms with Crippen molar-refractivity contribution >= 4 is 17.9 Å². The summed E-state index contributed by atoms with van der Waals surface area (Å²) in [6, 6.07) is 0. The first kappa shape index (κ1) is 70.1. The second-order valence-electron chi connectivity index (χ2n) is 20.2. The van der Waals surface area contributed by atoms with Gasteiger partial charge in [-0.2, -0.15) is 0 Å². The summed E-state index contributed by atoms with van der Waals surface area (Å²) < 4.78 is 16.8. The molecule has 6 nitrogen and oxygen atoms in total. The lowest BCUT2D eigenvalue weighted by molar-refractivity contribution is -0.167. The first-order chi connectivity index (χ1) is 36.5. The number of unbranched alkanes of at least 4 members (excludes halogenated alkanes) is 26. The molecule has 1 unspecified atom stereocenters. The summed E-state index contributed by atoms with van der Waals surface area (Å²) in [4.78, 5) is 38.2. The molecule has 0 fully saturated rings. The number of carbonyl (C=O) groups is 3. The molecule has 0 amide bonds. The Labute approximate surface area is 457 Å². The van der Waals surface area contributed by atoms with Crippen molar-refractivity contribution < 1.29 is 28.6 Å². The molecule has 6 heteroatoms. The lowest BCUT2D eigenvalue weighted by Crippen LogP contribution is -2.30. The Hall–Kier alpha value is -3.93. The van der Waals surface area contributed by atoms with E-state index in [1.807, 2.05) is 0 Å². The van der Waals surface area contributed by atoms with E-state index in [4.69, 9.17) is 14.2 Å². The topological polar surface area (TPSA) is 78.9 Å². The van der Waals surface area contributed by atoms with Gasteiger partial charge in [0.2, 0.25) is 0 Å². The van der Waals surface area contributed by atoms with Crippen LogP contribution < -0.4 is 0 Å². The highest BCUT2D eigenvalue weighted by Gasteiger charge is 2.19. The zero-order valence-electron chi connectivity index (χ0n) is 48.3. The van der Waals surface area contributed by atoms with E-state index in [-0.39, 0.29) is 37.5 Å². The minimum absolute atomic E-state index is 0.0968. The quantitative estimate of drug-likeness (QED) is 0.0261. The summed E-state index contributed by atoms with van der Waals surface area (Å²) in [5.41, 5.74) is 0. The zero-order chi connectivity index (χ0) is 53.6. The third-order valence-corrected chi connectivity index (χ3v) is 13.0. The van der Waals surface area contributed by atoms with Gasteiger partial charge >= 0.3 is 17.9 Å². The van der Waals surface area contributed by atoms with Crippen molar-refractivity contribution in [2.75, 3.05) is 13.2 Å². The van der Waals surface area contributed by atoms with E-state index < -0.39 is 6.10 Å². The van der Waals surface area contributed by atoms with Crippen LogP contribution in [-0.2, 0) is 28.6 Å². The van der Waals surface area contributed by atoms with Gasteiger partial charge in [0.1, 0.15) is 13.2 Å². The molecule has 0 aromatic carbocycles. The van der Waals surface area contributed by atoms with Gasteiger partial charge in [0.25, 0.3) is 0 Å². The average molecular weight is 1030 g/mol. The van der Waals surface area contributed by atoms with Crippen LogP contribution in [0.5, 0.6) is 0 Å². The van der Waals surface area contributed by atoms with E-state index in [0.29, 0.717) is 19.3 Å². The molecule has 0 heterocycles. The molecule has 0 aliphatic carbocycles. The van der Waals surface area contributed by atoms with E-state index in [1.54, 1.807) is 0 Å². The van der Waals surface area contributed by atoms with Crippen LogP contribution in [0.25, 0.3) is 0 Å². The van der Waals surface area contributed by atoms with Gasteiger partial charge in [0.15, 0.2) is 6.10 Å². The number of hydrogen-bond acceptors (Lipinski definition) is 6. The van der Waals surface area contributed by atoms with Gasteiger partial charge in [0.05, 0.1) is 0 Å². The number of hydrogen-bond donors (Lipinski definition) is 0. The zero-order valence-corrected chi connectivity index (χ0v) is 48.3. The molecule has 0 saturated heterocycles. The minimum atomic E-state index is -0.805. The summed E-state index contributed by atoms with van der Waals surface area (Å²) in [5, 5.41) is 0. The monoisotopic (exact) mass is 1030 g/mol. The smallest absolute Gasteiger partial charge is 0.306 e. The van der Waals surface area contributed by atoms with Crippen LogP contribution in [0, 0.1) is 0 Å². The highest BCUT2D eigenvalue weighted by molar-refractivity contribution is 5.71. The van der Waals surface area contributed by atoms with Crippen molar-refractivity contribution in [1.82, 2.24) is 0 Å². The van der Waals surface area contributed by atoms with Crippen LogP contribution in [0.15, 0.2) is 109 Å². The fourth-order valence-corrected chi connectivity index (χ4v) is 8.40. The SMILES string of the molecule is CC/C=C\C/C=C\C/C=C\C/C=C\C/C=C\C/C=C\C/C=C\CCCC(=O)OCC(COC(=O)CCCCCCCCCCCCCC)OC(=O)CCCCCCCCCCC/C=C\C/C=C\CCCCCCC. The molecule has 1 atom stereocenters. The molecule has 0 aromatic heterocycles. The lowest BCUT2D eigenvalue weighted by Gasteiger charge is -2.18. The van der Waals surface area contributed by atoms with Gasteiger partial charge < -0.3 is 14.2 Å². The molecule has 0 aromatic rings. The summed E-state index contributed by atoms with van der Waals surface area (Å²) in [6.07, 6.45) is 83.8. The van der Waals surface area contributed by atoms with Gasteiger partial charge in [-0.3, -0.25) is 14.4 Å². The summed E-state index contributed by atoms with van der Waals surface area (Å²) in [5.74, 6) is -0.958. The van der Waals surface area contributed by atoms with E-state index in [1.165, 1.54) is 141 Å². The largest absolute Gasteiger partial charge is 0.462 e. The van der Waals surface area contributed by atoms with Crippen LogP contribution in [0.3, 0.4) is 0 Å². The molecular weight excluding hydrogens is 913 g/mol. The first-order valence-electron chi connectivity index (χ1n) is 30.9. The van der Waals surface area contributed by atoms with Crippen LogP contribution >= 0.6 is 0 Å². The maximum Gasteiger partial charge on any atom is 0.306 e. The van der Waals surface area contributed by atoms with Crippen molar-refractivity contribution in [2.45, 2.75) is 290 Å². The first-order valence-corrected chi connectivity index (χ1v) is 30.9. The van der Waals surface area contributed by atoms with Crippen LogP contribution in [0.4, 0.5) is 0 Å². The minimum Gasteiger partial charge on any atom is -0.462 e. The highest BCUT2D eigenvalue weighted by Crippen LogP contribution is 2.15. The highest BCUT2D eigenvalue weighted by atomic mass is 16.6. The molecule has 0 bridgehead atoms. The summed E-state index contributed by atoms with van der Waals surface area (Å²) in [6.45, 7) is 6.48. The van der Waals surface area contributed by atoms with E-state index in [9.17, 15) is 14.4 Å². The second-order valence-corrected chi connectivity index (χ2v) is 20.2. The Morgan fingerprint density at radius 1 is 0.284 bits per heavy atom.